The number of carbonyl (C=O) groups is 3. The van der Waals surface area contributed by atoms with Gasteiger partial charge in [-0.25, -0.2) is 0 Å². The minimum atomic E-state index is -0.245. The Morgan fingerprint density at radius 1 is 0.818 bits per heavy atom. The van der Waals surface area contributed by atoms with Gasteiger partial charge in [-0.2, -0.15) is 0 Å². The minimum Gasteiger partial charge on any atom is -0.376 e. The van der Waals surface area contributed by atoms with Crippen molar-refractivity contribution in [3.8, 4) is 0 Å². The van der Waals surface area contributed by atoms with Crippen molar-refractivity contribution in [3.05, 3.63) is 95.6 Å². The molecule has 3 amide bonds. The van der Waals surface area contributed by atoms with Crippen molar-refractivity contribution < 1.29 is 14.4 Å². The molecule has 0 aromatic heterocycles. The van der Waals surface area contributed by atoms with E-state index in [0.717, 1.165) is 11.3 Å². The summed E-state index contributed by atoms with van der Waals surface area (Å²) in [6.45, 7) is 2.97. The molecule has 170 valence electrons. The maximum atomic E-state index is 12.8. The molecule has 0 unspecified atom stereocenters. The van der Waals surface area contributed by atoms with Gasteiger partial charge in [0.15, 0.2) is 0 Å². The fourth-order valence-corrected chi connectivity index (χ4v) is 3.27. The van der Waals surface area contributed by atoms with Crippen molar-refractivity contribution in [1.82, 2.24) is 10.2 Å². The van der Waals surface area contributed by atoms with E-state index in [9.17, 15) is 14.4 Å². The predicted molar refractivity (Wildman–Crippen MR) is 130 cm³/mol. The van der Waals surface area contributed by atoms with Gasteiger partial charge >= 0.3 is 0 Å². The van der Waals surface area contributed by atoms with E-state index in [1.165, 1.54) is 0 Å². The molecule has 7 nitrogen and oxygen atoms in total. The van der Waals surface area contributed by atoms with Gasteiger partial charge in [-0.1, -0.05) is 36.4 Å². The number of nitrogens with zero attached hydrogens (tertiary/aromatic N) is 1. The number of hydrogen-bond donors (Lipinski definition) is 3. The van der Waals surface area contributed by atoms with Gasteiger partial charge in [-0.15, -0.1) is 0 Å². The lowest BCUT2D eigenvalue weighted by Crippen LogP contribution is -2.26. The molecule has 3 N–H and O–H groups in total. The van der Waals surface area contributed by atoms with Crippen molar-refractivity contribution in [3.63, 3.8) is 0 Å². The van der Waals surface area contributed by atoms with Crippen LogP contribution in [0.5, 0.6) is 0 Å². The Bertz CT molecular complexity index is 1100. The first-order chi connectivity index (χ1) is 16.0. The molecule has 3 aromatic rings. The molecule has 7 heteroatoms. The highest BCUT2D eigenvalue weighted by Gasteiger charge is 2.13. The van der Waals surface area contributed by atoms with E-state index in [2.05, 4.69) is 16.0 Å². The van der Waals surface area contributed by atoms with Crippen LogP contribution < -0.4 is 16.0 Å². The fraction of sp³-hybridized carbons (Fsp3) is 0.192. The van der Waals surface area contributed by atoms with E-state index < -0.39 is 0 Å². The molecule has 0 bridgehead atoms. The predicted octanol–water partition coefficient (Wildman–Crippen LogP) is 3.76. The zero-order valence-corrected chi connectivity index (χ0v) is 18.8. The molecular formula is C26H28N4O3. The molecule has 0 radical (unpaired) electrons. The second-order valence-electron chi connectivity index (χ2n) is 7.57. The van der Waals surface area contributed by atoms with E-state index in [1.807, 2.05) is 37.3 Å². The minimum absolute atomic E-state index is 0.0482. The molecule has 0 fully saturated rings. The van der Waals surface area contributed by atoms with Crippen LogP contribution in [0.4, 0.5) is 11.4 Å². The van der Waals surface area contributed by atoms with Crippen LogP contribution in [0.2, 0.25) is 0 Å². The van der Waals surface area contributed by atoms with Crippen LogP contribution in [-0.4, -0.2) is 42.8 Å². The molecule has 0 saturated carbocycles. The fourth-order valence-electron chi connectivity index (χ4n) is 3.27. The maximum Gasteiger partial charge on any atom is 0.253 e. The van der Waals surface area contributed by atoms with E-state index in [4.69, 9.17) is 0 Å². The third kappa shape index (κ3) is 6.93. The van der Waals surface area contributed by atoms with Crippen molar-refractivity contribution in [1.29, 1.82) is 0 Å². The third-order valence-electron chi connectivity index (χ3n) is 4.94. The van der Waals surface area contributed by atoms with Gasteiger partial charge in [0.25, 0.3) is 11.8 Å². The van der Waals surface area contributed by atoms with Gasteiger partial charge in [0.05, 0.1) is 6.54 Å². The number of anilines is 2. The van der Waals surface area contributed by atoms with E-state index >= 15 is 0 Å². The van der Waals surface area contributed by atoms with Gasteiger partial charge in [-0.05, 0) is 55.0 Å². The van der Waals surface area contributed by atoms with Crippen molar-refractivity contribution >= 4 is 29.1 Å². The summed E-state index contributed by atoms with van der Waals surface area (Å²) < 4.78 is 0. The standard InChI is InChI=1S/C26H28N4O3/c1-3-27-25(32)20-12-14-22(15-13-20)28-17-24(31)29-23-11-7-10-21(16-23)26(33)30(2)18-19-8-5-4-6-9-19/h4-16,28H,3,17-18H2,1-2H3,(H,27,32)(H,29,31). The van der Waals surface area contributed by atoms with Crippen molar-refractivity contribution in [2.24, 2.45) is 0 Å². The third-order valence-corrected chi connectivity index (χ3v) is 4.94. The lowest BCUT2D eigenvalue weighted by atomic mass is 10.1. The van der Waals surface area contributed by atoms with Crippen LogP contribution >= 0.6 is 0 Å². The summed E-state index contributed by atoms with van der Waals surface area (Å²) in [5.41, 5.74) is 3.38. The molecule has 0 spiro atoms. The molecule has 0 aliphatic heterocycles. The summed E-state index contributed by atoms with van der Waals surface area (Å²) >= 11 is 0. The molecular weight excluding hydrogens is 416 g/mol. The molecule has 33 heavy (non-hydrogen) atoms. The first-order valence-corrected chi connectivity index (χ1v) is 10.8. The SMILES string of the molecule is CCNC(=O)c1ccc(NCC(=O)Nc2cccc(C(=O)N(C)Cc3ccccc3)c2)cc1. The second-order valence-corrected chi connectivity index (χ2v) is 7.57. The van der Waals surface area contributed by atoms with Crippen LogP contribution in [0.25, 0.3) is 0 Å². The summed E-state index contributed by atoms with van der Waals surface area (Å²) in [5, 5.41) is 8.57. The Hall–Kier alpha value is -4.13. The van der Waals surface area contributed by atoms with Crippen LogP contribution in [0.15, 0.2) is 78.9 Å². The van der Waals surface area contributed by atoms with Crippen molar-refractivity contribution in [2.75, 3.05) is 30.8 Å². The number of nitrogens with one attached hydrogen (secondary N) is 3. The summed E-state index contributed by atoms with van der Waals surface area (Å²) in [6, 6.07) is 23.6. The first kappa shape index (κ1) is 23.5. The maximum absolute atomic E-state index is 12.8. The molecule has 0 atom stereocenters. The summed E-state index contributed by atoms with van der Waals surface area (Å²) in [6.07, 6.45) is 0. The Morgan fingerprint density at radius 2 is 1.55 bits per heavy atom. The van der Waals surface area contributed by atoms with Gasteiger partial charge in [0, 0.05) is 42.6 Å². The van der Waals surface area contributed by atoms with Crippen LogP contribution in [0.1, 0.15) is 33.2 Å². The Balaban J connectivity index is 1.53. The highest BCUT2D eigenvalue weighted by atomic mass is 16.2. The van der Waals surface area contributed by atoms with Gasteiger partial charge in [0.1, 0.15) is 0 Å². The largest absolute Gasteiger partial charge is 0.376 e. The lowest BCUT2D eigenvalue weighted by molar-refractivity contribution is -0.114. The van der Waals surface area contributed by atoms with Crippen LogP contribution in [0.3, 0.4) is 0 Å². The Kier molecular flexibility index (Phi) is 8.18. The number of rotatable bonds is 9. The summed E-state index contributed by atoms with van der Waals surface area (Å²) in [7, 11) is 1.75. The highest BCUT2D eigenvalue weighted by Crippen LogP contribution is 2.14. The second kappa shape index (κ2) is 11.5. The topological polar surface area (TPSA) is 90.5 Å². The van der Waals surface area contributed by atoms with Crippen LogP contribution in [-0.2, 0) is 11.3 Å². The number of carbonyl (C=O) groups excluding carboxylic acids is 3. The number of hydrogen-bond acceptors (Lipinski definition) is 4. The molecule has 3 aromatic carbocycles. The number of benzene rings is 3. The average molecular weight is 445 g/mol. The van der Waals surface area contributed by atoms with E-state index in [0.29, 0.717) is 29.9 Å². The molecule has 0 aliphatic carbocycles. The first-order valence-electron chi connectivity index (χ1n) is 10.8. The zero-order chi connectivity index (χ0) is 23.6. The normalized spacial score (nSPS) is 10.2. The van der Waals surface area contributed by atoms with E-state index in [1.54, 1.807) is 60.5 Å². The average Bonchev–Trinajstić information content (AvgIpc) is 2.83. The van der Waals surface area contributed by atoms with Gasteiger partial charge in [-0.3, -0.25) is 14.4 Å². The smallest absolute Gasteiger partial charge is 0.253 e. The van der Waals surface area contributed by atoms with Gasteiger partial charge < -0.3 is 20.9 Å². The lowest BCUT2D eigenvalue weighted by Gasteiger charge is -2.18. The molecule has 0 heterocycles. The quantitative estimate of drug-likeness (QED) is 0.469. The Morgan fingerprint density at radius 3 is 2.24 bits per heavy atom. The van der Waals surface area contributed by atoms with E-state index in [-0.39, 0.29) is 24.3 Å². The van der Waals surface area contributed by atoms with Crippen molar-refractivity contribution in [2.45, 2.75) is 13.5 Å². The Labute approximate surface area is 193 Å². The summed E-state index contributed by atoms with van der Waals surface area (Å²) in [4.78, 5) is 38.6. The van der Waals surface area contributed by atoms with Crippen LogP contribution in [0, 0.1) is 0 Å². The summed E-state index contributed by atoms with van der Waals surface area (Å²) in [5.74, 6) is -0.504. The molecule has 0 aliphatic rings. The molecule has 0 saturated heterocycles. The number of amides is 3. The van der Waals surface area contributed by atoms with Gasteiger partial charge in [0.2, 0.25) is 5.91 Å². The monoisotopic (exact) mass is 444 g/mol. The zero-order valence-electron chi connectivity index (χ0n) is 18.8. The molecule has 3 rings (SSSR count). The highest BCUT2D eigenvalue weighted by molar-refractivity contribution is 5.98.